The third kappa shape index (κ3) is 2.01. The van der Waals surface area contributed by atoms with E-state index >= 15 is 0 Å². The lowest BCUT2D eigenvalue weighted by atomic mass is 10.0. The Bertz CT molecular complexity index is 842. The van der Waals surface area contributed by atoms with Crippen molar-refractivity contribution in [3.63, 3.8) is 0 Å². The van der Waals surface area contributed by atoms with Crippen molar-refractivity contribution in [2.45, 2.75) is 0 Å². The second-order valence-electron chi connectivity index (χ2n) is 4.58. The number of benzene rings is 1. The van der Waals surface area contributed by atoms with Crippen molar-refractivity contribution in [3.05, 3.63) is 42.1 Å². The Hall–Kier alpha value is -2.57. The zero-order chi connectivity index (χ0) is 15.1. The molecule has 0 bridgehead atoms. The van der Waals surface area contributed by atoms with Gasteiger partial charge in [-0.25, -0.2) is 18.2 Å². The summed E-state index contributed by atoms with van der Waals surface area (Å²) in [4.78, 5) is 4.12. The van der Waals surface area contributed by atoms with E-state index in [4.69, 9.17) is 0 Å². The molecule has 0 aliphatic carbocycles. The summed E-state index contributed by atoms with van der Waals surface area (Å²) < 4.78 is 42.8. The van der Waals surface area contributed by atoms with Crippen LogP contribution in [-0.2, 0) is 7.05 Å². The molecule has 0 aliphatic heterocycles. The molecule has 0 radical (unpaired) electrons. The third-order valence-electron chi connectivity index (χ3n) is 3.26. The third-order valence-corrected chi connectivity index (χ3v) is 3.26. The number of nitrogens with one attached hydrogen (secondary N) is 1. The van der Waals surface area contributed by atoms with Crippen LogP contribution in [0.3, 0.4) is 0 Å². The first kappa shape index (κ1) is 13.4. The molecule has 0 fully saturated rings. The number of nitrogens with zero attached hydrogens (tertiary/aromatic N) is 3. The summed E-state index contributed by atoms with van der Waals surface area (Å²) in [5, 5.41) is 6.88. The molecule has 2 heterocycles. The van der Waals surface area contributed by atoms with Crippen LogP contribution in [0.5, 0.6) is 0 Å². The fourth-order valence-corrected chi connectivity index (χ4v) is 2.29. The van der Waals surface area contributed by atoms with E-state index < -0.39 is 17.5 Å². The highest BCUT2D eigenvalue weighted by molar-refractivity contribution is 6.02. The van der Waals surface area contributed by atoms with E-state index in [0.29, 0.717) is 11.1 Å². The molecule has 0 spiro atoms. The Morgan fingerprint density at radius 1 is 1.14 bits per heavy atom. The minimum Gasteiger partial charge on any atom is -0.373 e. The van der Waals surface area contributed by atoms with Crippen LogP contribution in [0.4, 0.5) is 19.0 Å². The normalized spacial score (nSPS) is 11.1. The lowest BCUT2D eigenvalue weighted by molar-refractivity contribution is 0.453. The summed E-state index contributed by atoms with van der Waals surface area (Å²) in [6, 6.07) is 0.937. The van der Waals surface area contributed by atoms with Crippen LogP contribution in [0.1, 0.15) is 0 Å². The molecule has 108 valence electrons. The summed E-state index contributed by atoms with van der Waals surface area (Å²) in [5.41, 5.74) is 0.927. The highest BCUT2D eigenvalue weighted by Gasteiger charge is 2.20. The number of anilines is 1. The molecule has 7 heteroatoms. The predicted octanol–water partition coefficient (Wildman–Crippen LogP) is 3.09. The van der Waals surface area contributed by atoms with Crippen LogP contribution in [0.25, 0.3) is 21.9 Å². The van der Waals surface area contributed by atoms with Gasteiger partial charge in [0.2, 0.25) is 0 Å². The minimum absolute atomic E-state index is 0.0266. The molecule has 1 N–H and O–H groups in total. The standard InChI is InChI=1S/C14H11F3N4/c1-18-14-8-3-10(15)12(16)13(17)11(8)9(5-19-14)7-4-20-21(2)6-7/h3-6H,1-2H3,(H,18,19). The zero-order valence-corrected chi connectivity index (χ0v) is 11.3. The number of fused-ring (bicyclic) bond motifs is 1. The number of aromatic nitrogens is 3. The smallest absolute Gasteiger partial charge is 0.195 e. The average molecular weight is 292 g/mol. The molecule has 0 saturated heterocycles. The van der Waals surface area contributed by atoms with E-state index in [2.05, 4.69) is 15.4 Å². The Morgan fingerprint density at radius 3 is 2.52 bits per heavy atom. The quantitative estimate of drug-likeness (QED) is 0.738. The molecule has 0 atom stereocenters. The first-order valence-corrected chi connectivity index (χ1v) is 6.16. The van der Waals surface area contributed by atoms with Crippen LogP contribution in [-0.4, -0.2) is 21.8 Å². The predicted molar refractivity (Wildman–Crippen MR) is 73.4 cm³/mol. The fraction of sp³-hybridized carbons (Fsp3) is 0.143. The highest BCUT2D eigenvalue weighted by atomic mass is 19.2. The summed E-state index contributed by atoms with van der Waals surface area (Å²) in [7, 11) is 3.28. The monoisotopic (exact) mass is 292 g/mol. The van der Waals surface area contributed by atoms with Gasteiger partial charge in [0.25, 0.3) is 0 Å². The van der Waals surface area contributed by atoms with E-state index in [-0.39, 0.29) is 16.6 Å². The topological polar surface area (TPSA) is 42.7 Å². The summed E-state index contributed by atoms with van der Waals surface area (Å²) in [5.74, 6) is -3.71. The van der Waals surface area contributed by atoms with Crippen molar-refractivity contribution in [2.24, 2.45) is 7.05 Å². The number of aryl methyl sites for hydroxylation is 1. The molecule has 2 aromatic heterocycles. The van der Waals surface area contributed by atoms with E-state index in [0.717, 1.165) is 6.07 Å². The van der Waals surface area contributed by atoms with Crippen LogP contribution in [0.15, 0.2) is 24.7 Å². The van der Waals surface area contributed by atoms with Gasteiger partial charge in [-0.2, -0.15) is 5.10 Å². The van der Waals surface area contributed by atoms with E-state index in [9.17, 15) is 13.2 Å². The van der Waals surface area contributed by atoms with Gasteiger partial charge in [0.15, 0.2) is 17.5 Å². The lowest BCUT2D eigenvalue weighted by Crippen LogP contribution is -2.00. The second-order valence-corrected chi connectivity index (χ2v) is 4.58. The number of rotatable bonds is 2. The molecule has 0 saturated carbocycles. The molecular weight excluding hydrogens is 281 g/mol. The Morgan fingerprint density at radius 2 is 1.90 bits per heavy atom. The molecule has 0 unspecified atom stereocenters. The Balaban J connectivity index is 2.44. The van der Waals surface area contributed by atoms with Crippen molar-refractivity contribution in [2.75, 3.05) is 12.4 Å². The van der Waals surface area contributed by atoms with E-state index in [1.54, 1.807) is 20.3 Å². The van der Waals surface area contributed by atoms with Gasteiger partial charge in [0.1, 0.15) is 5.82 Å². The summed E-state index contributed by atoms with van der Waals surface area (Å²) >= 11 is 0. The Labute approximate surface area is 118 Å². The number of pyridine rings is 1. The fourth-order valence-electron chi connectivity index (χ4n) is 2.29. The largest absolute Gasteiger partial charge is 0.373 e. The van der Waals surface area contributed by atoms with Crippen LogP contribution < -0.4 is 5.32 Å². The van der Waals surface area contributed by atoms with Gasteiger partial charge in [-0.3, -0.25) is 4.68 Å². The number of halogens is 3. The number of hydrogen-bond donors (Lipinski definition) is 1. The zero-order valence-electron chi connectivity index (χ0n) is 11.3. The molecule has 0 aliphatic rings. The second kappa shape index (κ2) is 4.76. The van der Waals surface area contributed by atoms with Crippen molar-refractivity contribution < 1.29 is 13.2 Å². The average Bonchev–Trinajstić information content (AvgIpc) is 2.90. The maximum absolute atomic E-state index is 14.2. The molecule has 0 amide bonds. The van der Waals surface area contributed by atoms with Crippen molar-refractivity contribution in [3.8, 4) is 11.1 Å². The van der Waals surface area contributed by atoms with Crippen molar-refractivity contribution in [1.82, 2.24) is 14.8 Å². The minimum atomic E-state index is -1.50. The van der Waals surface area contributed by atoms with Crippen LogP contribution >= 0.6 is 0 Å². The molecule has 4 nitrogen and oxygen atoms in total. The van der Waals surface area contributed by atoms with Gasteiger partial charge in [-0.1, -0.05) is 0 Å². The van der Waals surface area contributed by atoms with E-state index in [1.807, 2.05) is 0 Å². The number of hydrogen-bond acceptors (Lipinski definition) is 3. The van der Waals surface area contributed by atoms with Crippen LogP contribution in [0, 0.1) is 17.5 Å². The van der Waals surface area contributed by atoms with Gasteiger partial charge < -0.3 is 5.32 Å². The molecule has 3 rings (SSSR count). The molecular formula is C14H11F3N4. The first-order valence-electron chi connectivity index (χ1n) is 6.16. The molecule has 21 heavy (non-hydrogen) atoms. The van der Waals surface area contributed by atoms with Gasteiger partial charge in [0, 0.05) is 48.4 Å². The summed E-state index contributed by atoms with van der Waals surface area (Å²) in [6.07, 6.45) is 4.57. The van der Waals surface area contributed by atoms with E-state index in [1.165, 1.54) is 17.1 Å². The van der Waals surface area contributed by atoms with Gasteiger partial charge in [-0.05, 0) is 6.07 Å². The van der Waals surface area contributed by atoms with Gasteiger partial charge in [-0.15, -0.1) is 0 Å². The molecule has 3 aromatic rings. The first-order chi connectivity index (χ1) is 10.0. The van der Waals surface area contributed by atoms with Crippen molar-refractivity contribution in [1.29, 1.82) is 0 Å². The SMILES string of the molecule is CNc1ncc(-c2cnn(C)c2)c2c(F)c(F)c(F)cc12. The van der Waals surface area contributed by atoms with Crippen LogP contribution in [0.2, 0.25) is 0 Å². The molecule has 1 aromatic carbocycles. The Kier molecular flexibility index (Phi) is 3.04. The van der Waals surface area contributed by atoms with Gasteiger partial charge in [0.05, 0.1) is 6.20 Å². The highest BCUT2D eigenvalue weighted by Crippen LogP contribution is 2.35. The maximum atomic E-state index is 14.2. The maximum Gasteiger partial charge on any atom is 0.195 e. The summed E-state index contributed by atoms with van der Waals surface area (Å²) in [6.45, 7) is 0. The van der Waals surface area contributed by atoms with Crippen molar-refractivity contribution >= 4 is 16.6 Å². The lowest BCUT2D eigenvalue weighted by Gasteiger charge is -2.11. The van der Waals surface area contributed by atoms with Gasteiger partial charge >= 0.3 is 0 Å².